The van der Waals surface area contributed by atoms with Crippen LogP contribution in [0, 0.1) is 5.82 Å². The molecule has 1 fully saturated rings. The van der Waals surface area contributed by atoms with E-state index in [0.717, 1.165) is 38.2 Å². The number of rotatable bonds is 5. The van der Waals surface area contributed by atoms with Crippen molar-refractivity contribution in [2.45, 2.75) is 32.2 Å². The number of unbranched alkanes of at least 4 members (excludes halogenated alkanes) is 1. The molecule has 0 spiro atoms. The smallest absolute Gasteiger partial charge is 0.142 e. The standard InChI is InChI=1S/C15H22ClFN2.ClH/c1-2-3-4-15(19-9-7-18-8-10-19)12-5-6-13(16)14(17)11-12;/h5-6,11,15,18H,2-4,7-10H2,1H3;1H/t15-;/m0./s1. The fraction of sp³-hybridized carbons (Fsp3) is 0.600. The average Bonchev–Trinajstić information content (AvgIpc) is 2.44. The van der Waals surface area contributed by atoms with Gasteiger partial charge in [0.25, 0.3) is 0 Å². The molecule has 1 aromatic carbocycles. The number of nitrogens with zero attached hydrogens (tertiary/aromatic N) is 1. The first-order chi connectivity index (χ1) is 9.22. The number of nitrogens with one attached hydrogen (secondary N) is 1. The highest BCUT2D eigenvalue weighted by Gasteiger charge is 2.22. The van der Waals surface area contributed by atoms with Gasteiger partial charge in [-0.15, -0.1) is 12.4 Å². The van der Waals surface area contributed by atoms with E-state index < -0.39 is 0 Å². The summed E-state index contributed by atoms with van der Waals surface area (Å²) in [7, 11) is 0. The largest absolute Gasteiger partial charge is 0.314 e. The third-order valence-corrected chi connectivity index (χ3v) is 4.06. The summed E-state index contributed by atoms with van der Waals surface area (Å²) >= 11 is 5.78. The Kier molecular flexibility index (Phi) is 7.82. The van der Waals surface area contributed by atoms with Gasteiger partial charge in [0.15, 0.2) is 0 Å². The predicted octanol–water partition coefficient (Wildman–Crippen LogP) is 4.04. The second-order valence-corrected chi connectivity index (χ2v) is 5.52. The lowest BCUT2D eigenvalue weighted by atomic mass is 9.98. The first kappa shape index (κ1) is 17.7. The normalized spacial score (nSPS) is 17.6. The Balaban J connectivity index is 0.00000200. The van der Waals surface area contributed by atoms with Gasteiger partial charge < -0.3 is 5.32 Å². The average molecular weight is 321 g/mol. The van der Waals surface area contributed by atoms with Crippen molar-refractivity contribution in [2.75, 3.05) is 26.2 Å². The molecule has 0 aliphatic carbocycles. The lowest BCUT2D eigenvalue weighted by Crippen LogP contribution is -2.45. The molecule has 1 aliphatic rings. The van der Waals surface area contributed by atoms with E-state index in [4.69, 9.17) is 11.6 Å². The molecule has 1 saturated heterocycles. The second-order valence-electron chi connectivity index (χ2n) is 5.12. The Hall–Kier alpha value is -0.350. The molecule has 0 unspecified atom stereocenters. The summed E-state index contributed by atoms with van der Waals surface area (Å²) in [6, 6.07) is 5.56. The molecule has 114 valence electrons. The first-order valence-corrected chi connectivity index (χ1v) is 7.50. The second kappa shape index (κ2) is 8.83. The van der Waals surface area contributed by atoms with E-state index >= 15 is 0 Å². The Morgan fingerprint density at radius 2 is 2.05 bits per heavy atom. The minimum Gasteiger partial charge on any atom is -0.314 e. The van der Waals surface area contributed by atoms with Gasteiger partial charge in [-0.3, -0.25) is 4.90 Å². The van der Waals surface area contributed by atoms with E-state index in [9.17, 15) is 4.39 Å². The zero-order valence-electron chi connectivity index (χ0n) is 11.9. The third kappa shape index (κ3) is 4.59. The van der Waals surface area contributed by atoms with E-state index in [0.29, 0.717) is 6.04 Å². The minimum atomic E-state index is -0.309. The van der Waals surface area contributed by atoms with Crippen molar-refractivity contribution in [3.8, 4) is 0 Å². The quantitative estimate of drug-likeness (QED) is 0.880. The maximum absolute atomic E-state index is 13.7. The van der Waals surface area contributed by atoms with Crippen molar-refractivity contribution in [3.05, 3.63) is 34.6 Å². The molecule has 1 aromatic rings. The third-order valence-electron chi connectivity index (χ3n) is 3.75. The zero-order chi connectivity index (χ0) is 13.7. The van der Waals surface area contributed by atoms with Gasteiger partial charge in [0.05, 0.1) is 5.02 Å². The molecule has 2 rings (SSSR count). The van der Waals surface area contributed by atoms with Crippen molar-refractivity contribution in [3.63, 3.8) is 0 Å². The molecule has 0 saturated carbocycles. The molecule has 1 aliphatic heterocycles. The summed E-state index contributed by atoms with van der Waals surface area (Å²) in [5, 5.41) is 3.57. The van der Waals surface area contributed by atoms with Crippen LogP contribution in [0.15, 0.2) is 18.2 Å². The Morgan fingerprint density at radius 3 is 2.65 bits per heavy atom. The van der Waals surface area contributed by atoms with E-state index in [1.807, 2.05) is 6.07 Å². The number of halogens is 3. The van der Waals surface area contributed by atoms with Crippen LogP contribution in [0.4, 0.5) is 4.39 Å². The van der Waals surface area contributed by atoms with Crippen molar-refractivity contribution in [1.82, 2.24) is 10.2 Å². The first-order valence-electron chi connectivity index (χ1n) is 7.12. The molecule has 20 heavy (non-hydrogen) atoms. The van der Waals surface area contributed by atoms with Crippen molar-refractivity contribution in [2.24, 2.45) is 0 Å². The summed E-state index contributed by atoms with van der Waals surface area (Å²) < 4.78 is 13.7. The maximum Gasteiger partial charge on any atom is 0.142 e. The molecule has 0 aromatic heterocycles. The van der Waals surface area contributed by atoms with Gasteiger partial charge in [0.1, 0.15) is 5.82 Å². The van der Waals surface area contributed by atoms with E-state index in [1.165, 1.54) is 12.8 Å². The summed E-state index contributed by atoms with van der Waals surface area (Å²) in [4.78, 5) is 2.45. The summed E-state index contributed by atoms with van der Waals surface area (Å²) in [6.45, 7) is 6.27. The number of hydrogen-bond acceptors (Lipinski definition) is 2. The zero-order valence-corrected chi connectivity index (χ0v) is 13.4. The monoisotopic (exact) mass is 320 g/mol. The predicted molar refractivity (Wildman–Crippen MR) is 85.4 cm³/mol. The molecule has 2 nitrogen and oxygen atoms in total. The van der Waals surface area contributed by atoms with Crippen LogP contribution in [-0.4, -0.2) is 31.1 Å². The highest BCUT2D eigenvalue weighted by atomic mass is 35.5. The molecule has 5 heteroatoms. The highest BCUT2D eigenvalue weighted by Crippen LogP contribution is 2.29. The van der Waals surface area contributed by atoms with Gasteiger partial charge in [-0.2, -0.15) is 0 Å². The van der Waals surface area contributed by atoms with Gasteiger partial charge in [-0.05, 0) is 24.1 Å². The molecule has 1 N–H and O–H groups in total. The summed E-state index contributed by atoms with van der Waals surface area (Å²) in [5.41, 5.74) is 1.05. The lowest BCUT2D eigenvalue weighted by molar-refractivity contribution is 0.163. The molecular weight excluding hydrogens is 298 g/mol. The van der Waals surface area contributed by atoms with Crippen LogP contribution >= 0.6 is 24.0 Å². The minimum absolute atomic E-state index is 0. The Morgan fingerprint density at radius 1 is 1.35 bits per heavy atom. The van der Waals surface area contributed by atoms with Gasteiger partial charge in [0.2, 0.25) is 0 Å². The van der Waals surface area contributed by atoms with Crippen LogP contribution < -0.4 is 5.32 Å². The van der Waals surface area contributed by atoms with Gasteiger partial charge >= 0.3 is 0 Å². The fourth-order valence-electron chi connectivity index (χ4n) is 2.67. The van der Waals surface area contributed by atoms with Gasteiger partial charge in [-0.25, -0.2) is 4.39 Å². The SMILES string of the molecule is CCCC[C@@H](c1ccc(Cl)c(F)c1)N1CCNCC1.Cl. The van der Waals surface area contributed by atoms with Crippen LogP contribution in [0.3, 0.4) is 0 Å². The van der Waals surface area contributed by atoms with Crippen LogP contribution in [0.2, 0.25) is 5.02 Å². The van der Waals surface area contributed by atoms with Crippen LogP contribution in [0.25, 0.3) is 0 Å². The Bertz CT molecular complexity index is 409. The molecule has 0 amide bonds. The van der Waals surface area contributed by atoms with Crippen LogP contribution in [0.1, 0.15) is 37.8 Å². The number of piperazine rings is 1. The lowest BCUT2D eigenvalue weighted by Gasteiger charge is -2.35. The highest BCUT2D eigenvalue weighted by molar-refractivity contribution is 6.30. The molecular formula is C15H23Cl2FN2. The van der Waals surface area contributed by atoms with Crippen molar-refractivity contribution >= 4 is 24.0 Å². The topological polar surface area (TPSA) is 15.3 Å². The van der Waals surface area contributed by atoms with Crippen LogP contribution in [-0.2, 0) is 0 Å². The van der Waals surface area contributed by atoms with Gasteiger partial charge in [-0.1, -0.05) is 37.4 Å². The Labute approximate surface area is 132 Å². The summed E-state index contributed by atoms with van der Waals surface area (Å²) in [5.74, 6) is -0.309. The molecule has 0 radical (unpaired) electrons. The van der Waals surface area contributed by atoms with E-state index in [1.54, 1.807) is 12.1 Å². The van der Waals surface area contributed by atoms with Gasteiger partial charge in [0, 0.05) is 32.2 Å². The molecule has 0 bridgehead atoms. The van der Waals surface area contributed by atoms with Crippen molar-refractivity contribution < 1.29 is 4.39 Å². The van der Waals surface area contributed by atoms with E-state index in [2.05, 4.69) is 17.1 Å². The summed E-state index contributed by atoms with van der Waals surface area (Å²) in [6.07, 6.45) is 3.41. The number of benzene rings is 1. The molecule has 1 atom stereocenters. The van der Waals surface area contributed by atoms with E-state index in [-0.39, 0.29) is 23.2 Å². The van der Waals surface area contributed by atoms with Crippen molar-refractivity contribution in [1.29, 1.82) is 0 Å². The number of hydrogen-bond donors (Lipinski definition) is 1. The van der Waals surface area contributed by atoms with Crippen LogP contribution in [0.5, 0.6) is 0 Å². The fourth-order valence-corrected chi connectivity index (χ4v) is 2.79. The molecule has 1 heterocycles. The maximum atomic E-state index is 13.7.